The van der Waals surface area contributed by atoms with Crippen molar-refractivity contribution in [1.29, 1.82) is 0 Å². The number of hydrogen-bond acceptors (Lipinski definition) is 3. The first-order chi connectivity index (χ1) is 9.65. The highest BCUT2D eigenvalue weighted by Gasteiger charge is 2.36. The zero-order valence-electron chi connectivity index (χ0n) is 12.4. The Kier molecular flexibility index (Phi) is 5.25. The van der Waals surface area contributed by atoms with E-state index in [1.165, 1.54) is 5.56 Å². The molecule has 1 aliphatic carbocycles. The number of nitrogens with zero attached hydrogens (tertiary/aromatic N) is 1. The number of amides is 1. The lowest BCUT2D eigenvalue weighted by molar-refractivity contribution is -0.125. The van der Waals surface area contributed by atoms with E-state index in [1.54, 1.807) is 0 Å². The number of nitrogens with one attached hydrogen (secondary N) is 1. The van der Waals surface area contributed by atoms with Crippen LogP contribution in [0.4, 0.5) is 0 Å². The minimum absolute atomic E-state index is 0. The van der Waals surface area contributed by atoms with Crippen LogP contribution in [-0.2, 0) is 4.79 Å². The fourth-order valence-electron chi connectivity index (χ4n) is 2.94. The van der Waals surface area contributed by atoms with Crippen molar-refractivity contribution >= 4 is 18.3 Å². The van der Waals surface area contributed by atoms with Crippen LogP contribution >= 0.6 is 12.4 Å². The second-order valence-corrected chi connectivity index (χ2v) is 6.09. The fraction of sp³-hybridized carbons (Fsp3) is 0.562. The average Bonchev–Trinajstić information content (AvgIpc) is 3.19. The van der Waals surface area contributed by atoms with Crippen LogP contribution in [-0.4, -0.2) is 42.0 Å². The molecule has 1 aliphatic heterocycles. The Morgan fingerprint density at radius 2 is 1.95 bits per heavy atom. The van der Waals surface area contributed by atoms with Gasteiger partial charge in [-0.3, -0.25) is 9.69 Å². The summed E-state index contributed by atoms with van der Waals surface area (Å²) in [7, 11) is 0. The number of halogens is 1. The van der Waals surface area contributed by atoms with Crippen LogP contribution in [0, 0.1) is 0 Å². The van der Waals surface area contributed by atoms with Gasteiger partial charge in [-0.05, 0) is 25.3 Å². The van der Waals surface area contributed by atoms with Gasteiger partial charge in [0.25, 0.3) is 0 Å². The van der Waals surface area contributed by atoms with Gasteiger partial charge in [0.05, 0.1) is 6.04 Å². The third-order valence-corrected chi connectivity index (χ3v) is 4.47. The van der Waals surface area contributed by atoms with Gasteiger partial charge in [-0.25, -0.2) is 0 Å². The Bertz CT molecular complexity index is 478. The summed E-state index contributed by atoms with van der Waals surface area (Å²) in [5.41, 5.74) is 7.55. The average molecular weight is 310 g/mol. The lowest BCUT2D eigenvalue weighted by Gasteiger charge is -2.23. The highest BCUT2D eigenvalue weighted by molar-refractivity contribution is 5.85. The van der Waals surface area contributed by atoms with Gasteiger partial charge in [-0.2, -0.15) is 0 Å². The second kappa shape index (κ2) is 6.77. The summed E-state index contributed by atoms with van der Waals surface area (Å²) in [5.74, 6) is 0.473. The molecule has 3 atom stereocenters. The highest BCUT2D eigenvalue weighted by Crippen LogP contribution is 2.28. The quantitative estimate of drug-likeness (QED) is 0.886. The summed E-state index contributed by atoms with van der Waals surface area (Å²) in [6.07, 6.45) is 2.26. The van der Waals surface area contributed by atoms with Crippen molar-refractivity contribution in [2.24, 2.45) is 5.73 Å². The first-order valence-corrected chi connectivity index (χ1v) is 7.50. The number of likely N-dealkylation sites (tertiary alicyclic amines) is 1. The molecule has 1 saturated carbocycles. The van der Waals surface area contributed by atoms with E-state index in [2.05, 4.69) is 22.3 Å². The van der Waals surface area contributed by atoms with Gasteiger partial charge in [0.1, 0.15) is 0 Å². The zero-order valence-corrected chi connectivity index (χ0v) is 13.2. The summed E-state index contributed by atoms with van der Waals surface area (Å²) in [6.45, 7) is 3.64. The largest absolute Gasteiger partial charge is 0.352 e. The number of benzene rings is 1. The predicted octanol–water partition coefficient (Wildman–Crippen LogP) is 1.50. The Hall–Kier alpha value is -1.10. The van der Waals surface area contributed by atoms with Crippen LogP contribution in [0.25, 0.3) is 0 Å². The van der Waals surface area contributed by atoms with Crippen molar-refractivity contribution < 1.29 is 4.79 Å². The maximum absolute atomic E-state index is 12.1. The fourth-order valence-corrected chi connectivity index (χ4v) is 2.94. The molecule has 4 nitrogen and oxygen atoms in total. The summed E-state index contributed by atoms with van der Waals surface area (Å²) in [4.78, 5) is 14.3. The molecule has 3 rings (SSSR count). The lowest BCUT2D eigenvalue weighted by Crippen LogP contribution is -2.45. The maximum atomic E-state index is 12.1. The molecule has 0 spiro atoms. The van der Waals surface area contributed by atoms with Crippen LogP contribution in [0.15, 0.2) is 30.3 Å². The molecule has 1 amide bonds. The Morgan fingerprint density at radius 1 is 1.29 bits per heavy atom. The SMILES string of the molecule is CC(C(=O)NC1CC1)N1C[C@@H](N)[C@H](c2ccccc2)C1.Cl. The Balaban J connectivity index is 0.00000161. The van der Waals surface area contributed by atoms with Crippen LogP contribution in [0.3, 0.4) is 0 Å². The molecule has 2 aliphatic rings. The molecule has 0 bridgehead atoms. The summed E-state index contributed by atoms with van der Waals surface area (Å²) in [6, 6.07) is 10.8. The van der Waals surface area contributed by atoms with E-state index >= 15 is 0 Å². The van der Waals surface area contributed by atoms with Crippen LogP contribution in [0.5, 0.6) is 0 Å². The standard InChI is InChI=1S/C16H23N3O.ClH/c1-11(16(20)18-13-7-8-13)19-9-14(15(17)10-19)12-5-3-2-4-6-12;/h2-6,11,13-15H,7-10,17H2,1H3,(H,18,20);1H/t11?,14-,15+;/m0./s1. The second-order valence-electron chi connectivity index (χ2n) is 6.09. The van der Waals surface area contributed by atoms with Crippen LogP contribution in [0.1, 0.15) is 31.2 Å². The van der Waals surface area contributed by atoms with Gasteiger partial charge in [0.2, 0.25) is 5.91 Å². The lowest BCUT2D eigenvalue weighted by atomic mass is 9.95. The van der Waals surface area contributed by atoms with E-state index in [9.17, 15) is 4.79 Å². The molecule has 1 unspecified atom stereocenters. The molecule has 1 aromatic rings. The van der Waals surface area contributed by atoms with Crippen LogP contribution < -0.4 is 11.1 Å². The van der Waals surface area contributed by atoms with Crippen LogP contribution in [0.2, 0.25) is 0 Å². The van der Waals surface area contributed by atoms with E-state index < -0.39 is 0 Å². The molecule has 0 aromatic heterocycles. The van der Waals surface area contributed by atoms with Gasteiger partial charge in [0.15, 0.2) is 0 Å². The van der Waals surface area contributed by atoms with Gasteiger partial charge in [0, 0.05) is 31.1 Å². The monoisotopic (exact) mass is 309 g/mol. The molecule has 1 heterocycles. The maximum Gasteiger partial charge on any atom is 0.237 e. The first kappa shape index (κ1) is 16.3. The summed E-state index contributed by atoms with van der Waals surface area (Å²) >= 11 is 0. The highest BCUT2D eigenvalue weighted by atomic mass is 35.5. The molecular formula is C16H24ClN3O. The molecule has 5 heteroatoms. The third kappa shape index (κ3) is 3.76. The topological polar surface area (TPSA) is 58.4 Å². The molecule has 3 N–H and O–H groups in total. The molecule has 0 radical (unpaired) electrons. The molecule has 21 heavy (non-hydrogen) atoms. The number of rotatable bonds is 4. The van der Waals surface area contributed by atoms with Crippen molar-refractivity contribution in [3.05, 3.63) is 35.9 Å². The van der Waals surface area contributed by atoms with Gasteiger partial charge in [-0.15, -0.1) is 12.4 Å². The summed E-state index contributed by atoms with van der Waals surface area (Å²) in [5, 5.41) is 3.08. The van der Waals surface area contributed by atoms with Crippen molar-refractivity contribution in [1.82, 2.24) is 10.2 Å². The van der Waals surface area contributed by atoms with E-state index in [1.807, 2.05) is 25.1 Å². The number of nitrogens with two attached hydrogens (primary N) is 1. The molecule has 1 aromatic carbocycles. The number of carbonyl (C=O) groups excluding carboxylic acids is 1. The first-order valence-electron chi connectivity index (χ1n) is 7.50. The van der Waals surface area contributed by atoms with E-state index in [4.69, 9.17) is 5.73 Å². The van der Waals surface area contributed by atoms with Gasteiger partial charge < -0.3 is 11.1 Å². The minimum Gasteiger partial charge on any atom is -0.352 e. The number of carbonyl (C=O) groups is 1. The molecule has 2 fully saturated rings. The van der Waals surface area contributed by atoms with E-state index in [0.29, 0.717) is 12.0 Å². The van der Waals surface area contributed by atoms with E-state index in [0.717, 1.165) is 25.9 Å². The van der Waals surface area contributed by atoms with Crippen molar-refractivity contribution in [2.45, 2.75) is 43.8 Å². The van der Waals surface area contributed by atoms with Crippen molar-refractivity contribution in [3.8, 4) is 0 Å². The smallest absolute Gasteiger partial charge is 0.237 e. The van der Waals surface area contributed by atoms with Gasteiger partial charge >= 0.3 is 0 Å². The Labute approximate surface area is 132 Å². The number of hydrogen-bond donors (Lipinski definition) is 2. The zero-order chi connectivity index (χ0) is 14.1. The third-order valence-electron chi connectivity index (χ3n) is 4.47. The van der Waals surface area contributed by atoms with Crippen molar-refractivity contribution in [3.63, 3.8) is 0 Å². The Morgan fingerprint density at radius 3 is 2.57 bits per heavy atom. The predicted molar refractivity (Wildman–Crippen MR) is 86.6 cm³/mol. The van der Waals surface area contributed by atoms with Gasteiger partial charge in [-0.1, -0.05) is 30.3 Å². The molecule has 116 valence electrons. The van der Waals surface area contributed by atoms with Crippen molar-refractivity contribution in [2.75, 3.05) is 13.1 Å². The van der Waals surface area contributed by atoms with E-state index in [-0.39, 0.29) is 30.4 Å². The summed E-state index contributed by atoms with van der Waals surface area (Å²) < 4.78 is 0. The normalized spacial score (nSPS) is 27.0. The molecular weight excluding hydrogens is 286 g/mol. The molecule has 1 saturated heterocycles. The minimum atomic E-state index is -0.0876.